The minimum absolute atomic E-state index is 0.303. The molecule has 1 saturated heterocycles. The van der Waals surface area contributed by atoms with Crippen molar-refractivity contribution in [2.45, 2.75) is 6.54 Å². The van der Waals surface area contributed by atoms with Gasteiger partial charge in [-0.05, 0) is 24.3 Å². The zero-order valence-corrected chi connectivity index (χ0v) is 14.4. The third-order valence-electron chi connectivity index (χ3n) is 3.81. The molecule has 1 fully saturated rings. The Morgan fingerprint density at radius 3 is 2.74 bits per heavy atom. The summed E-state index contributed by atoms with van der Waals surface area (Å²) in [5.74, 6) is 0.303. The topological polar surface area (TPSA) is 45.1 Å². The van der Waals surface area contributed by atoms with Crippen LogP contribution in [0.2, 0.25) is 0 Å². The lowest BCUT2D eigenvalue weighted by Gasteiger charge is -2.26. The van der Waals surface area contributed by atoms with Crippen molar-refractivity contribution in [3.05, 3.63) is 58.1 Å². The molecular formula is C18H19BrN2O2. The molecule has 2 aromatic carbocycles. The zero-order chi connectivity index (χ0) is 16.1. The molecule has 1 aliphatic heterocycles. The summed E-state index contributed by atoms with van der Waals surface area (Å²) < 4.78 is 6.34. The molecule has 1 aliphatic rings. The van der Waals surface area contributed by atoms with Crippen LogP contribution in [0.4, 0.5) is 5.69 Å². The van der Waals surface area contributed by atoms with Gasteiger partial charge < -0.3 is 9.84 Å². The van der Waals surface area contributed by atoms with E-state index in [4.69, 9.17) is 4.74 Å². The summed E-state index contributed by atoms with van der Waals surface area (Å²) in [4.78, 5) is 6.72. The van der Waals surface area contributed by atoms with Gasteiger partial charge in [0.1, 0.15) is 5.75 Å². The van der Waals surface area contributed by atoms with Crippen molar-refractivity contribution >= 4 is 27.8 Å². The van der Waals surface area contributed by atoms with Gasteiger partial charge in [0.15, 0.2) is 0 Å². The van der Waals surface area contributed by atoms with Crippen LogP contribution in [-0.4, -0.2) is 42.5 Å². The average Bonchev–Trinajstić information content (AvgIpc) is 2.57. The van der Waals surface area contributed by atoms with Crippen LogP contribution in [0.25, 0.3) is 0 Å². The molecule has 120 valence electrons. The Morgan fingerprint density at radius 1 is 1.17 bits per heavy atom. The number of morpholine rings is 1. The van der Waals surface area contributed by atoms with Gasteiger partial charge in [0.05, 0.1) is 18.9 Å². The lowest BCUT2D eigenvalue weighted by molar-refractivity contribution is 0.0339. The summed E-state index contributed by atoms with van der Waals surface area (Å²) in [5, 5.41) is 10.5. The first-order valence-electron chi connectivity index (χ1n) is 7.63. The van der Waals surface area contributed by atoms with Gasteiger partial charge in [-0.3, -0.25) is 9.89 Å². The van der Waals surface area contributed by atoms with E-state index in [1.165, 1.54) is 0 Å². The molecule has 0 aromatic heterocycles. The summed E-state index contributed by atoms with van der Waals surface area (Å²) in [6, 6.07) is 13.5. The van der Waals surface area contributed by atoms with E-state index in [1.54, 1.807) is 6.21 Å². The van der Waals surface area contributed by atoms with Crippen LogP contribution < -0.4 is 0 Å². The van der Waals surface area contributed by atoms with Crippen molar-refractivity contribution in [3.8, 4) is 5.75 Å². The number of aliphatic imine (C=N–C) groups is 1. The number of phenolic OH excluding ortho intramolecular Hbond substituents is 1. The monoisotopic (exact) mass is 374 g/mol. The van der Waals surface area contributed by atoms with Crippen molar-refractivity contribution in [1.82, 2.24) is 4.90 Å². The molecule has 4 nitrogen and oxygen atoms in total. The molecule has 0 atom stereocenters. The van der Waals surface area contributed by atoms with E-state index in [9.17, 15) is 5.11 Å². The van der Waals surface area contributed by atoms with Crippen LogP contribution >= 0.6 is 15.9 Å². The number of benzene rings is 2. The molecule has 1 N–H and O–H groups in total. The number of rotatable bonds is 4. The molecule has 5 heteroatoms. The van der Waals surface area contributed by atoms with Gasteiger partial charge in [-0.2, -0.15) is 0 Å². The molecule has 23 heavy (non-hydrogen) atoms. The number of halogens is 1. The van der Waals surface area contributed by atoms with E-state index in [1.807, 2.05) is 42.5 Å². The first-order valence-corrected chi connectivity index (χ1v) is 8.42. The largest absolute Gasteiger partial charge is 0.507 e. The number of phenols is 1. The number of para-hydroxylation sites is 1. The van der Waals surface area contributed by atoms with E-state index < -0.39 is 0 Å². The minimum Gasteiger partial charge on any atom is -0.507 e. The van der Waals surface area contributed by atoms with Gasteiger partial charge in [-0.25, -0.2) is 0 Å². The summed E-state index contributed by atoms with van der Waals surface area (Å²) in [5.41, 5.74) is 2.50. The van der Waals surface area contributed by atoms with E-state index in [-0.39, 0.29) is 0 Å². The molecular weight excluding hydrogens is 356 g/mol. The van der Waals surface area contributed by atoms with Crippen molar-refractivity contribution in [2.24, 2.45) is 4.99 Å². The molecule has 3 rings (SSSR count). The van der Waals surface area contributed by atoms with Crippen molar-refractivity contribution in [3.63, 3.8) is 0 Å². The highest BCUT2D eigenvalue weighted by molar-refractivity contribution is 9.10. The predicted octanol–water partition coefficient (Wildman–Crippen LogP) is 3.74. The van der Waals surface area contributed by atoms with Gasteiger partial charge in [-0.15, -0.1) is 0 Å². The molecule has 0 saturated carbocycles. The number of ether oxygens (including phenoxy) is 1. The molecule has 2 aromatic rings. The second-order valence-corrected chi connectivity index (χ2v) is 6.40. The number of hydrogen-bond acceptors (Lipinski definition) is 4. The fourth-order valence-corrected chi connectivity index (χ4v) is 2.93. The maximum absolute atomic E-state index is 10.5. The molecule has 0 aliphatic carbocycles. The molecule has 0 spiro atoms. The van der Waals surface area contributed by atoms with Crippen LogP contribution in [0.1, 0.15) is 11.1 Å². The standard InChI is InChI=1S/C18H19BrN2O2/c19-16-5-2-6-17(11-16)20-12-14-3-1-4-15(18(14)22)13-21-7-9-23-10-8-21/h1-6,11-12,22H,7-10,13H2. The van der Waals surface area contributed by atoms with E-state index in [0.717, 1.165) is 54.1 Å². The Morgan fingerprint density at radius 2 is 1.96 bits per heavy atom. The summed E-state index contributed by atoms with van der Waals surface area (Å²) in [6.07, 6.45) is 1.71. The van der Waals surface area contributed by atoms with Gasteiger partial charge >= 0.3 is 0 Å². The SMILES string of the molecule is Oc1c(C=Nc2cccc(Br)c2)cccc1CN1CCOCC1. The Kier molecular flexibility index (Phi) is 5.43. The highest BCUT2D eigenvalue weighted by Gasteiger charge is 2.13. The normalized spacial score (nSPS) is 16.0. The highest BCUT2D eigenvalue weighted by atomic mass is 79.9. The first kappa shape index (κ1) is 16.2. The minimum atomic E-state index is 0.303. The number of hydrogen-bond donors (Lipinski definition) is 1. The van der Waals surface area contributed by atoms with Gasteiger partial charge in [-0.1, -0.05) is 34.1 Å². The quantitative estimate of drug-likeness (QED) is 0.829. The summed E-state index contributed by atoms with van der Waals surface area (Å²) in [7, 11) is 0. The van der Waals surface area contributed by atoms with Crippen LogP contribution in [0.15, 0.2) is 51.9 Å². The Labute approximate surface area is 144 Å². The summed E-state index contributed by atoms with van der Waals surface area (Å²) in [6.45, 7) is 4.04. The molecule has 0 bridgehead atoms. The van der Waals surface area contributed by atoms with Crippen LogP contribution in [-0.2, 0) is 11.3 Å². The lowest BCUT2D eigenvalue weighted by atomic mass is 10.1. The Hall–Kier alpha value is -1.69. The third-order valence-corrected chi connectivity index (χ3v) is 4.30. The zero-order valence-electron chi connectivity index (χ0n) is 12.8. The number of nitrogens with zero attached hydrogens (tertiary/aromatic N) is 2. The Bertz CT molecular complexity index is 697. The van der Waals surface area contributed by atoms with Gasteiger partial charge in [0.25, 0.3) is 0 Å². The maximum atomic E-state index is 10.5. The van der Waals surface area contributed by atoms with Crippen LogP contribution in [0.3, 0.4) is 0 Å². The fraction of sp³-hybridized carbons (Fsp3) is 0.278. The molecule has 0 amide bonds. The highest BCUT2D eigenvalue weighted by Crippen LogP contribution is 2.24. The second-order valence-electron chi connectivity index (χ2n) is 5.48. The maximum Gasteiger partial charge on any atom is 0.128 e. The van der Waals surface area contributed by atoms with E-state index >= 15 is 0 Å². The molecule has 0 unspecified atom stereocenters. The smallest absolute Gasteiger partial charge is 0.128 e. The van der Waals surface area contributed by atoms with Crippen LogP contribution in [0.5, 0.6) is 5.75 Å². The first-order chi connectivity index (χ1) is 11.2. The molecule has 0 radical (unpaired) electrons. The van der Waals surface area contributed by atoms with Gasteiger partial charge in [0, 0.05) is 41.4 Å². The summed E-state index contributed by atoms with van der Waals surface area (Å²) >= 11 is 3.43. The Balaban J connectivity index is 1.76. The lowest BCUT2D eigenvalue weighted by Crippen LogP contribution is -2.35. The van der Waals surface area contributed by atoms with E-state index in [0.29, 0.717) is 5.75 Å². The van der Waals surface area contributed by atoms with E-state index in [2.05, 4.69) is 25.8 Å². The fourth-order valence-electron chi connectivity index (χ4n) is 2.54. The van der Waals surface area contributed by atoms with Gasteiger partial charge in [0.2, 0.25) is 0 Å². The third kappa shape index (κ3) is 4.41. The average molecular weight is 375 g/mol. The second kappa shape index (κ2) is 7.73. The van der Waals surface area contributed by atoms with Crippen molar-refractivity contribution in [2.75, 3.05) is 26.3 Å². The van der Waals surface area contributed by atoms with Crippen molar-refractivity contribution in [1.29, 1.82) is 0 Å². The van der Waals surface area contributed by atoms with Crippen molar-refractivity contribution < 1.29 is 9.84 Å². The predicted molar refractivity (Wildman–Crippen MR) is 95.6 cm³/mol. The number of aromatic hydroxyl groups is 1. The molecule has 1 heterocycles. The van der Waals surface area contributed by atoms with Crippen LogP contribution in [0, 0.1) is 0 Å².